The first-order chi connectivity index (χ1) is 11.1. The summed E-state index contributed by atoms with van der Waals surface area (Å²) in [6.07, 6.45) is 7.47. The van der Waals surface area contributed by atoms with Crippen LogP contribution >= 0.6 is 0 Å². The Morgan fingerprint density at radius 1 is 1.17 bits per heavy atom. The van der Waals surface area contributed by atoms with Gasteiger partial charge < -0.3 is 5.11 Å². The third-order valence-electron chi connectivity index (χ3n) is 3.18. The molecule has 0 fully saturated rings. The third-order valence-corrected chi connectivity index (χ3v) is 3.18. The Morgan fingerprint density at radius 3 is 2.13 bits per heavy atom. The standard InChI is InChI=1S/C15H22O2.3C2H6/c1-4-7-13(10-12(3)16)15-11(2)8-5-6-9-14(15)17;3*1-2/h4,7,14,17H,1,5-6,8-10H2,2-3H3;3*1-2H3/b13-7-;;;. The predicted molar refractivity (Wildman–Crippen MR) is 105 cm³/mol. The fraction of sp³-hybridized carbons (Fsp3) is 0.667. The molecule has 1 N–H and O–H groups in total. The van der Waals surface area contributed by atoms with E-state index in [1.54, 1.807) is 13.0 Å². The van der Waals surface area contributed by atoms with Gasteiger partial charge in [0.15, 0.2) is 0 Å². The number of ketones is 1. The SMILES string of the molecule is C=C/C=C(/CC(C)=O)C1=C(C)CCCCC1O.CC.CC.CC. The molecule has 1 aliphatic rings. The zero-order chi connectivity index (χ0) is 18.8. The molecule has 1 rings (SSSR count). The second-order valence-electron chi connectivity index (χ2n) is 4.76. The van der Waals surface area contributed by atoms with E-state index in [2.05, 4.69) is 13.5 Å². The molecule has 0 heterocycles. The molecule has 0 aromatic carbocycles. The van der Waals surface area contributed by atoms with E-state index in [-0.39, 0.29) is 5.78 Å². The van der Waals surface area contributed by atoms with Crippen LogP contribution < -0.4 is 0 Å². The van der Waals surface area contributed by atoms with Gasteiger partial charge in [-0.1, -0.05) is 72.3 Å². The molecule has 136 valence electrons. The Morgan fingerprint density at radius 2 is 1.70 bits per heavy atom. The van der Waals surface area contributed by atoms with Gasteiger partial charge in [0.05, 0.1) is 6.10 Å². The fourth-order valence-electron chi connectivity index (χ4n) is 2.43. The van der Waals surface area contributed by atoms with E-state index in [1.165, 1.54) is 5.57 Å². The molecule has 2 nitrogen and oxygen atoms in total. The maximum atomic E-state index is 11.3. The molecular weight excluding hydrogens is 284 g/mol. The van der Waals surface area contributed by atoms with Crippen molar-refractivity contribution in [2.45, 2.75) is 93.6 Å². The van der Waals surface area contributed by atoms with E-state index >= 15 is 0 Å². The highest BCUT2D eigenvalue weighted by Gasteiger charge is 2.20. The lowest BCUT2D eigenvalue weighted by atomic mass is 9.91. The van der Waals surface area contributed by atoms with Crippen molar-refractivity contribution in [1.82, 2.24) is 0 Å². The number of Topliss-reactive ketones (excluding diaryl/α,β-unsaturated/α-hetero) is 1. The number of allylic oxidation sites excluding steroid dienone is 3. The van der Waals surface area contributed by atoms with Crippen molar-refractivity contribution in [3.63, 3.8) is 0 Å². The van der Waals surface area contributed by atoms with Crippen LogP contribution in [0.15, 0.2) is 35.5 Å². The minimum absolute atomic E-state index is 0.120. The zero-order valence-corrected chi connectivity index (χ0v) is 16.8. The lowest BCUT2D eigenvalue weighted by Gasteiger charge is -2.18. The molecule has 1 unspecified atom stereocenters. The Kier molecular flexibility index (Phi) is 22.0. The highest BCUT2D eigenvalue weighted by molar-refractivity contribution is 5.79. The summed E-state index contributed by atoms with van der Waals surface area (Å²) in [6, 6.07) is 0. The van der Waals surface area contributed by atoms with Gasteiger partial charge in [-0.2, -0.15) is 0 Å². The van der Waals surface area contributed by atoms with Crippen molar-refractivity contribution in [3.8, 4) is 0 Å². The first kappa shape index (κ1) is 26.7. The quantitative estimate of drug-likeness (QED) is 0.607. The molecule has 0 aromatic heterocycles. The minimum atomic E-state index is -0.428. The van der Waals surface area contributed by atoms with Gasteiger partial charge in [-0.05, 0) is 44.3 Å². The summed E-state index contributed by atoms with van der Waals surface area (Å²) in [5.41, 5.74) is 3.11. The molecule has 0 aromatic rings. The Hall–Kier alpha value is -1.15. The third kappa shape index (κ3) is 12.0. The lowest BCUT2D eigenvalue weighted by Crippen LogP contribution is -2.14. The molecule has 0 radical (unpaired) electrons. The van der Waals surface area contributed by atoms with Crippen LogP contribution in [-0.2, 0) is 4.79 Å². The molecule has 0 bridgehead atoms. The zero-order valence-electron chi connectivity index (χ0n) is 16.8. The Bertz CT molecular complexity index is 362. The predicted octanol–water partition coefficient (Wildman–Crippen LogP) is 6.41. The van der Waals surface area contributed by atoms with E-state index in [1.807, 2.05) is 47.6 Å². The number of hydrogen-bond acceptors (Lipinski definition) is 2. The van der Waals surface area contributed by atoms with Gasteiger partial charge >= 0.3 is 0 Å². The average molecular weight is 325 g/mol. The van der Waals surface area contributed by atoms with Crippen LogP contribution in [0.3, 0.4) is 0 Å². The molecule has 0 aliphatic heterocycles. The number of hydrogen-bond donors (Lipinski definition) is 1. The molecule has 0 spiro atoms. The van der Waals surface area contributed by atoms with Crippen LogP contribution in [-0.4, -0.2) is 17.0 Å². The van der Waals surface area contributed by atoms with Gasteiger partial charge in [-0.15, -0.1) is 0 Å². The number of aliphatic hydroxyl groups is 1. The molecule has 0 saturated carbocycles. The monoisotopic (exact) mass is 324 g/mol. The first-order valence-corrected chi connectivity index (χ1v) is 9.25. The van der Waals surface area contributed by atoms with E-state index in [9.17, 15) is 9.90 Å². The maximum absolute atomic E-state index is 11.3. The van der Waals surface area contributed by atoms with E-state index < -0.39 is 6.10 Å². The highest BCUT2D eigenvalue weighted by atomic mass is 16.3. The van der Waals surface area contributed by atoms with E-state index in [4.69, 9.17) is 0 Å². The van der Waals surface area contributed by atoms with Crippen molar-refractivity contribution in [3.05, 3.63) is 35.5 Å². The topological polar surface area (TPSA) is 37.3 Å². The Labute approximate surface area is 145 Å². The summed E-state index contributed by atoms with van der Waals surface area (Å²) in [4.78, 5) is 11.3. The van der Waals surface area contributed by atoms with E-state index in [0.717, 1.165) is 36.8 Å². The van der Waals surface area contributed by atoms with Crippen LogP contribution in [0, 0.1) is 0 Å². The van der Waals surface area contributed by atoms with Crippen molar-refractivity contribution in [2.24, 2.45) is 0 Å². The van der Waals surface area contributed by atoms with Gasteiger partial charge in [0.2, 0.25) is 0 Å². The van der Waals surface area contributed by atoms with Crippen LogP contribution in [0.1, 0.15) is 87.5 Å². The average Bonchev–Trinajstić information content (AvgIpc) is 2.73. The van der Waals surface area contributed by atoms with Crippen molar-refractivity contribution >= 4 is 5.78 Å². The highest BCUT2D eigenvalue weighted by Crippen LogP contribution is 2.30. The normalized spacial score (nSPS) is 17.3. The molecule has 1 atom stereocenters. The van der Waals surface area contributed by atoms with Crippen LogP contribution in [0.2, 0.25) is 0 Å². The molecular formula is C21H40O2. The Balaban J connectivity index is -0.000000595. The number of rotatable bonds is 4. The van der Waals surface area contributed by atoms with Gasteiger partial charge in [0.1, 0.15) is 5.78 Å². The summed E-state index contributed by atoms with van der Waals surface area (Å²) < 4.78 is 0. The summed E-state index contributed by atoms with van der Waals surface area (Å²) in [7, 11) is 0. The lowest BCUT2D eigenvalue weighted by molar-refractivity contribution is -0.116. The first-order valence-electron chi connectivity index (χ1n) is 9.25. The van der Waals surface area contributed by atoms with Crippen LogP contribution in [0.4, 0.5) is 0 Å². The molecule has 0 amide bonds. The minimum Gasteiger partial charge on any atom is -0.388 e. The van der Waals surface area contributed by atoms with Gasteiger partial charge in [-0.25, -0.2) is 0 Å². The smallest absolute Gasteiger partial charge is 0.134 e. The van der Waals surface area contributed by atoms with Crippen molar-refractivity contribution in [2.75, 3.05) is 0 Å². The number of aliphatic hydroxyl groups excluding tert-OH is 1. The molecule has 2 heteroatoms. The fourth-order valence-corrected chi connectivity index (χ4v) is 2.43. The molecule has 23 heavy (non-hydrogen) atoms. The van der Waals surface area contributed by atoms with E-state index in [0.29, 0.717) is 6.42 Å². The van der Waals surface area contributed by atoms with Gasteiger partial charge in [0, 0.05) is 6.42 Å². The maximum Gasteiger partial charge on any atom is 0.134 e. The largest absolute Gasteiger partial charge is 0.388 e. The molecule has 1 aliphatic carbocycles. The number of carbonyl (C=O) groups is 1. The molecule has 0 saturated heterocycles. The van der Waals surface area contributed by atoms with Gasteiger partial charge in [0.25, 0.3) is 0 Å². The van der Waals surface area contributed by atoms with Crippen molar-refractivity contribution < 1.29 is 9.90 Å². The van der Waals surface area contributed by atoms with Gasteiger partial charge in [-0.3, -0.25) is 4.79 Å². The number of carbonyl (C=O) groups excluding carboxylic acids is 1. The van der Waals surface area contributed by atoms with Crippen molar-refractivity contribution in [1.29, 1.82) is 0 Å². The second kappa shape index (κ2) is 18.9. The summed E-state index contributed by atoms with van der Waals surface area (Å²) in [6.45, 7) is 19.3. The van der Waals surface area contributed by atoms with Crippen LogP contribution in [0.25, 0.3) is 0 Å². The summed E-state index contributed by atoms with van der Waals surface area (Å²) >= 11 is 0. The summed E-state index contributed by atoms with van der Waals surface area (Å²) in [5, 5.41) is 10.2. The summed E-state index contributed by atoms with van der Waals surface area (Å²) in [5.74, 6) is 0.120. The second-order valence-corrected chi connectivity index (χ2v) is 4.76. The van der Waals surface area contributed by atoms with Crippen LogP contribution in [0.5, 0.6) is 0 Å².